The van der Waals surface area contributed by atoms with E-state index in [1.807, 2.05) is 48.5 Å². The monoisotopic (exact) mass is 476 g/mol. The Labute approximate surface area is 199 Å². The molecule has 3 rings (SSSR count). The van der Waals surface area contributed by atoms with Crippen LogP contribution in [0.4, 0.5) is 9.59 Å². The Balaban J connectivity index is 1.32. The van der Waals surface area contributed by atoms with E-state index >= 15 is 0 Å². The lowest BCUT2D eigenvalue weighted by Crippen LogP contribution is -2.41. The van der Waals surface area contributed by atoms with E-state index in [-0.39, 0.29) is 12.1 Å². The maximum atomic E-state index is 12.1. The molecule has 0 saturated heterocycles. The highest BCUT2D eigenvalue weighted by Crippen LogP contribution is 2.28. The Morgan fingerprint density at radius 1 is 0.719 bits per heavy atom. The number of amides is 4. The summed E-state index contributed by atoms with van der Waals surface area (Å²) >= 11 is 12.2. The first-order chi connectivity index (χ1) is 15.5. The minimum absolute atomic E-state index is 0.191. The highest BCUT2D eigenvalue weighted by molar-refractivity contribution is 6.31. The van der Waals surface area contributed by atoms with Gasteiger partial charge in [0.2, 0.25) is 0 Å². The van der Waals surface area contributed by atoms with Crippen molar-refractivity contribution in [2.24, 2.45) is 11.8 Å². The number of hydrogen-bond acceptors (Lipinski definition) is 2. The third kappa shape index (κ3) is 7.92. The minimum Gasteiger partial charge on any atom is -0.338 e. The predicted molar refractivity (Wildman–Crippen MR) is 129 cm³/mol. The topological polar surface area (TPSA) is 82.3 Å². The van der Waals surface area contributed by atoms with Gasteiger partial charge in [-0.15, -0.1) is 0 Å². The summed E-state index contributed by atoms with van der Waals surface area (Å²) in [5, 5.41) is 12.9. The van der Waals surface area contributed by atoms with Gasteiger partial charge in [0.25, 0.3) is 0 Å². The molecule has 0 heterocycles. The van der Waals surface area contributed by atoms with E-state index in [0.29, 0.717) is 48.1 Å². The SMILES string of the molecule is O=C(NCc1ccccc1Cl)NC[C@H]1CCC[C@H](CNC(=O)NCc2ccccc2Cl)C1. The van der Waals surface area contributed by atoms with Crippen LogP contribution in [0.1, 0.15) is 36.8 Å². The summed E-state index contributed by atoms with van der Waals surface area (Å²) in [7, 11) is 0. The van der Waals surface area contributed by atoms with Crippen LogP contribution in [0.3, 0.4) is 0 Å². The number of hydrogen-bond donors (Lipinski definition) is 4. The lowest BCUT2D eigenvalue weighted by atomic mass is 9.81. The summed E-state index contributed by atoms with van der Waals surface area (Å²) in [5.41, 5.74) is 1.78. The highest BCUT2D eigenvalue weighted by atomic mass is 35.5. The fourth-order valence-corrected chi connectivity index (χ4v) is 4.41. The predicted octanol–water partition coefficient (Wildman–Crippen LogP) is 5.10. The number of rotatable bonds is 8. The molecule has 0 unspecified atom stereocenters. The molecule has 8 heteroatoms. The normalized spacial score (nSPS) is 17.9. The van der Waals surface area contributed by atoms with Gasteiger partial charge in [-0.25, -0.2) is 9.59 Å². The van der Waals surface area contributed by atoms with Gasteiger partial charge in [0.1, 0.15) is 0 Å². The van der Waals surface area contributed by atoms with Crippen LogP contribution in [0.2, 0.25) is 10.0 Å². The van der Waals surface area contributed by atoms with Crippen molar-refractivity contribution >= 4 is 35.3 Å². The molecule has 2 atom stereocenters. The van der Waals surface area contributed by atoms with Gasteiger partial charge in [0.15, 0.2) is 0 Å². The molecule has 2 aromatic rings. The smallest absolute Gasteiger partial charge is 0.315 e. The number of urea groups is 2. The summed E-state index contributed by atoms with van der Waals surface area (Å²) in [6.07, 6.45) is 4.25. The van der Waals surface area contributed by atoms with Crippen molar-refractivity contribution in [1.29, 1.82) is 0 Å². The van der Waals surface area contributed by atoms with Gasteiger partial charge in [0, 0.05) is 36.2 Å². The van der Waals surface area contributed by atoms with E-state index in [9.17, 15) is 9.59 Å². The van der Waals surface area contributed by atoms with Crippen molar-refractivity contribution in [3.63, 3.8) is 0 Å². The fourth-order valence-electron chi connectivity index (χ4n) is 4.01. The molecule has 0 aliphatic heterocycles. The molecule has 2 aromatic carbocycles. The molecule has 1 saturated carbocycles. The summed E-state index contributed by atoms with van der Waals surface area (Å²) in [5.74, 6) is 0.820. The molecule has 0 bridgehead atoms. The van der Waals surface area contributed by atoms with Crippen molar-refractivity contribution in [3.05, 3.63) is 69.7 Å². The van der Waals surface area contributed by atoms with E-state index in [2.05, 4.69) is 21.3 Å². The number of carbonyl (C=O) groups is 2. The van der Waals surface area contributed by atoms with Crippen LogP contribution in [0.15, 0.2) is 48.5 Å². The lowest BCUT2D eigenvalue weighted by Gasteiger charge is -2.29. The van der Waals surface area contributed by atoms with Crippen LogP contribution in [0, 0.1) is 11.8 Å². The van der Waals surface area contributed by atoms with Crippen molar-refractivity contribution in [3.8, 4) is 0 Å². The first kappa shape index (κ1) is 24.2. The van der Waals surface area contributed by atoms with Crippen LogP contribution >= 0.6 is 23.2 Å². The van der Waals surface area contributed by atoms with Crippen molar-refractivity contribution in [2.75, 3.05) is 13.1 Å². The van der Waals surface area contributed by atoms with Crippen LogP contribution in [-0.4, -0.2) is 25.2 Å². The van der Waals surface area contributed by atoms with Gasteiger partial charge in [-0.05, 0) is 54.4 Å². The second-order valence-electron chi connectivity index (χ2n) is 8.21. The molecule has 172 valence electrons. The van der Waals surface area contributed by atoms with Crippen LogP contribution in [0.25, 0.3) is 0 Å². The second-order valence-corrected chi connectivity index (χ2v) is 9.02. The summed E-state index contributed by atoms with van der Waals surface area (Å²) in [6, 6.07) is 14.5. The molecule has 1 aliphatic carbocycles. The van der Waals surface area contributed by atoms with Gasteiger partial charge >= 0.3 is 12.1 Å². The molecule has 0 aromatic heterocycles. The molecule has 1 fully saturated rings. The molecule has 1 aliphatic rings. The quantitative estimate of drug-likeness (QED) is 0.427. The van der Waals surface area contributed by atoms with Crippen molar-refractivity contribution in [1.82, 2.24) is 21.3 Å². The zero-order valence-corrected chi connectivity index (χ0v) is 19.5. The largest absolute Gasteiger partial charge is 0.338 e. The van der Waals surface area contributed by atoms with Gasteiger partial charge in [-0.3, -0.25) is 0 Å². The Morgan fingerprint density at radius 3 is 1.59 bits per heavy atom. The minimum atomic E-state index is -0.191. The Hall–Kier alpha value is -2.44. The zero-order chi connectivity index (χ0) is 22.8. The van der Waals surface area contributed by atoms with E-state index in [1.165, 1.54) is 0 Å². The zero-order valence-electron chi connectivity index (χ0n) is 18.0. The standard InChI is InChI=1S/C24H30Cl2N4O2/c25-21-10-3-1-8-19(21)15-29-23(31)27-13-17-6-5-7-18(12-17)14-28-24(32)30-16-20-9-2-4-11-22(20)26/h1-4,8-11,17-18H,5-7,12-16H2,(H2,27,29,31)(H2,28,30,32)/t17-,18-/m0/s1. The summed E-state index contributed by atoms with van der Waals surface area (Å²) in [4.78, 5) is 24.3. The molecule has 0 radical (unpaired) electrons. The van der Waals surface area contributed by atoms with E-state index < -0.39 is 0 Å². The molecule has 4 N–H and O–H groups in total. The van der Waals surface area contributed by atoms with E-state index in [0.717, 1.165) is 36.8 Å². The third-order valence-corrected chi connectivity index (χ3v) is 6.53. The third-order valence-electron chi connectivity index (χ3n) is 5.79. The first-order valence-electron chi connectivity index (χ1n) is 11.0. The Kier molecular flexibility index (Phi) is 9.50. The Morgan fingerprint density at radius 2 is 1.16 bits per heavy atom. The molecule has 6 nitrogen and oxygen atoms in total. The van der Waals surface area contributed by atoms with Crippen LogP contribution in [0.5, 0.6) is 0 Å². The maximum absolute atomic E-state index is 12.1. The average Bonchev–Trinajstić information content (AvgIpc) is 2.80. The molecule has 4 amide bonds. The highest BCUT2D eigenvalue weighted by Gasteiger charge is 2.22. The second kappa shape index (κ2) is 12.6. The van der Waals surface area contributed by atoms with Gasteiger partial charge in [-0.1, -0.05) is 66.0 Å². The molecular weight excluding hydrogens is 447 g/mol. The van der Waals surface area contributed by atoms with Gasteiger partial charge < -0.3 is 21.3 Å². The number of nitrogens with one attached hydrogen (secondary N) is 4. The average molecular weight is 477 g/mol. The summed E-state index contributed by atoms with van der Waals surface area (Å²) < 4.78 is 0. The van der Waals surface area contributed by atoms with Crippen molar-refractivity contribution in [2.45, 2.75) is 38.8 Å². The number of halogens is 2. The maximum Gasteiger partial charge on any atom is 0.315 e. The first-order valence-corrected chi connectivity index (χ1v) is 11.8. The van der Waals surface area contributed by atoms with E-state index in [1.54, 1.807) is 0 Å². The Bertz CT molecular complexity index is 838. The van der Waals surface area contributed by atoms with Crippen molar-refractivity contribution < 1.29 is 9.59 Å². The molecule has 32 heavy (non-hydrogen) atoms. The van der Waals surface area contributed by atoms with Gasteiger partial charge in [0.05, 0.1) is 0 Å². The van der Waals surface area contributed by atoms with Crippen LogP contribution < -0.4 is 21.3 Å². The van der Waals surface area contributed by atoms with Gasteiger partial charge in [-0.2, -0.15) is 0 Å². The van der Waals surface area contributed by atoms with Crippen LogP contribution in [-0.2, 0) is 13.1 Å². The molecular formula is C24H30Cl2N4O2. The molecule has 0 spiro atoms. The summed E-state index contributed by atoms with van der Waals surface area (Å²) in [6.45, 7) is 2.05. The fraction of sp³-hybridized carbons (Fsp3) is 0.417. The number of benzene rings is 2. The lowest BCUT2D eigenvalue weighted by molar-refractivity contribution is 0.221. The van der Waals surface area contributed by atoms with E-state index in [4.69, 9.17) is 23.2 Å². The number of carbonyl (C=O) groups excluding carboxylic acids is 2.